The molecule has 0 aromatic rings. The predicted molar refractivity (Wildman–Crippen MR) is 112 cm³/mol. The SMILES string of the molecule is C=C1CCC2[C@H](C/C=C\CN(C)C)C(C3(C)CCC(O)CC3O)CCC12C. The van der Waals surface area contributed by atoms with Crippen LogP contribution in [0.15, 0.2) is 24.3 Å². The highest BCUT2D eigenvalue weighted by Crippen LogP contribution is 2.63. The average molecular weight is 376 g/mol. The molecule has 7 atom stereocenters. The van der Waals surface area contributed by atoms with Crippen LogP contribution in [0.2, 0.25) is 0 Å². The topological polar surface area (TPSA) is 43.7 Å². The Morgan fingerprint density at radius 2 is 1.81 bits per heavy atom. The minimum Gasteiger partial charge on any atom is -0.393 e. The lowest BCUT2D eigenvalue weighted by Gasteiger charge is -2.55. The minimum atomic E-state index is -0.381. The lowest BCUT2D eigenvalue weighted by molar-refractivity contribution is -0.118. The van der Waals surface area contributed by atoms with Crippen LogP contribution in [0.3, 0.4) is 0 Å². The number of fused-ring (bicyclic) bond motifs is 1. The van der Waals surface area contributed by atoms with Gasteiger partial charge in [0.15, 0.2) is 0 Å². The zero-order chi connectivity index (χ0) is 19.8. The van der Waals surface area contributed by atoms with Gasteiger partial charge >= 0.3 is 0 Å². The molecule has 3 saturated carbocycles. The second-order valence-electron chi connectivity index (χ2n) is 10.4. The smallest absolute Gasteiger partial charge is 0.0621 e. The average Bonchev–Trinajstić information content (AvgIpc) is 2.90. The first-order chi connectivity index (χ1) is 12.7. The summed E-state index contributed by atoms with van der Waals surface area (Å²) in [6, 6.07) is 0. The van der Waals surface area contributed by atoms with Crippen molar-refractivity contribution in [2.75, 3.05) is 20.6 Å². The molecule has 0 aromatic carbocycles. The number of likely N-dealkylation sites (N-methyl/N-ethyl adjacent to an activating group) is 1. The van der Waals surface area contributed by atoms with Gasteiger partial charge in [-0.2, -0.15) is 0 Å². The maximum Gasteiger partial charge on any atom is 0.0621 e. The molecule has 3 rings (SSSR count). The molecule has 27 heavy (non-hydrogen) atoms. The van der Waals surface area contributed by atoms with Crippen molar-refractivity contribution >= 4 is 0 Å². The minimum absolute atomic E-state index is 0.0649. The lowest BCUT2D eigenvalue weighted by atomic mass is 9.50. The van der Waals surface area contributed by atoms with Gasteiger partial charge in [0.25, 0.3) is 0 Å². The molecular weight excluding hydrogens is 334 g/mol. The van der Waals surface area contributed by atoms with E-state index in [0.29, 0.717) is 24.2 Å². The lowest BCUT2D eigenvalue weighted by Crippen LogP contribution is -2.52. The first kappa shape index (κ1) is 21.1. The Hall–Kier alpha value is -0.640. The summed E-state index contributed by atoms with van der Waals surface area (Å²) in [5, 5.41) is 21.0. The highest BCUT2D eigenvalue weighted by molar-refractivity contribution is 5.21. The Labute approximate surface area is 166 Å². The van der Waals surface area contributed by atoms with Gasteiger partial charge in [-0.15, -0.1) is 0 Å². The summed E-state index contributed by atoms with van der Waals surface area (Å²) in [6.45, 7) is 10.2. The van der Waals surface area contributed by atoms with E-state index < -0.39 is 0 Å². The van der Waals surface area contributed by atoms with Crippen LogP contribution in [0.25, 0.3) is 0 Å². The first-order valence-electron chi connectivity index (χ1n) is 11.0. The molecule has 3 nitrogen and oxygen atoms in total. The third kappa shape index (κ3) is 3.93. The van der Waals surface area contributed by atoms with Crippen molar-refractivity contribution in [2.45, 2.75) is 77.4 Å². The summed E-state index contributed by atoms with van der Waals surface area (Å²) in [6.07, 6.45) is 12.2. The van der Waals surface area contributed by atoms with Gasteiger partial charge < -0.3 is 15.1 Å². The number of rotatable bonds is 5. The fourth-order valence-corrected chi connectivity index (χ4v) is 6.60. The summed E-state index contributed by atoms with van der Waals surface area (Å²) in [5.74, 6) is 1.83. The largest absolute Gasteiger partial charge is 0.393 e. The van der Waals surface area contributed by atoms with Gasteiger partial charge in [-0.3, -0.25) is 0 Å². The Bertz CT molecular complexity index is 571. The van der Waals surface area contributed by atoms with Crippen molar-refractivity contribution in [1.29, 1.82) is 0 Å². The molecule has 0 saturated heterocycles. The van der Waals surface area contributed by atoms with Crippen LogP contribution in [-0.2, 0) is 0 Å². The monoisotopic (exact) mass is 375 g/mol. The van der Waals surface area contributed by atoms with Crippen LogP contribution >= 0.6 is 0 Å². The molecule has 6 unspecified atom stereocenters. The van der Waals surface area contributed by atoms with E-state index in [2.05, 4.69) is 51.6 Å². The Balaban J connectivity index is 1.85. The van der Waals surface area contributed by atoms with Crippen LogP contribution in [0, 0.1) is 28.6 Å². The summed E-state index contributed by atoms with van der Waals surface area (Å²) < 4.78 is 0. The van der Waals surface area contributed by atoms with E-state index in [0.717, 1.165) is 25.8 Å². The molecular formula is C24H41NO2. The highest BCUT2D eigenvalue weighted by Gasteiger charge is 2.56. The van der Waals surface area contributed by atoms with Gasteiger partial charge in [0, 0.05) is 6.54 Å². The van der Waals surface area contributed by atoms with E-state index in [1.807, 2.05) is 0 Å². The van der Waals surface area contributed by atoms with E-state index >= 15 is 0 Å². The number of hydrogen-bond acceptors (Lipinski definition) is 3. The summed E-state index contributed by atoms with van der Waals surface area (Å²) in [4.78, 5) is 2.20. The summed E-state index contributed by atoms with van der Waals surface area (Å²) in [5.41, 5.74) is 1.68. The fraction of sp³-hybridized carbons (Fsp3) is 0.833. The van der Waals surface area contributed by atoms with E-state index in [1.54, 1.807) is 0 Å². The molecule has 154 valence electrons. The molecule has 0 radical (unpaired) electrons. The molecule has 3 fully saturated rings. The van der Waals surface area contributed by atoms with E-state index in [4.69, 9.17) is 0 Å². The molecule has 0 aliphatic heterocycles. The predicted octanol–water partition coefficient (Wildman–Crippen LogP) is 4.41. The van der Waals surface area contributed by atoms with Crippen LogP contribution in [0.5, 0.6) is 0 Å². The Morgan fingerprint density at radius 1 is 1.07 bits per heavy atom. The number of aliphatic hydroxyl groups excluding tert-OH is 2. The standard InChI is InChI=1S/C24H41NO2/c1-17-9-10-20-19(8-6-7-15-25(4)5)21(12-14-23(17,20)2)24(3)13-11-18(26)16-22(24)27/h6-7,18-22,26-27H,1,8-16H2,2-5H3/b7-6-/t18?,19-,20?,21?,22?,23?,24?/m0/s1. The van der Waals surface area contributed by atoms with Crippen molar-refractivity contribution < 1.29 is 10.2 Å². The fourth-order valence-electron chi connectivity index (χ4n) is 6.60. The van der Waals surface area contributed by atoms with Crippen molar-refractivity contribution in [1.82, 2.24) is 4.90 Å². The van der Waals surface area contributed by atoms with Gasteiger partial charge in [-0.1, -0.05) is 38.2 Å². The van der Waals surface area contributed by atoms with Gasteiger partial charge in [0.1, 0.15) is 0 Å². The zero-order valence-corrected chi connectivity index (χ0v) is 18.0. The zero-order valence-electron chi connectivity index (χ0n) is 18.0. The molecule has 0 aromatic heterocycles. The van der Waals surface area contributed by atoms with Crippen LogP contribution in [-0.4, -0.2) is 48.0 Å². The van der Waals surface area contributed by atoms with Crippen LogP contribution in [0.4, 0.5) is 0 Å². The number of hydrogen-bond donors (Lipinski definition) is 2. The third-order valence-electron chi connectivity index (χ3n) is 8.56. The van der Waals surface area contributed by atoms with Gasteiger partial charge in [0.05, 0.1) is 12.2 Å². The van der Waals surface area contributed by atoms with Crippen LogP contribution in [0.1, 0.15) is 65.2 Å². The molecule has 3 aliphatic carbocycles. The normalized spacial score (nSPS) is 45.6. The van der Waals surface area contributed by atoms with Crippen LogP contribution < -0.4 is 0 Å². The highest BCUT2D eigenvalue weighted by atomic mass is 16.3. The maximum atomic E-state index is 11.0. The Morgan fingerprint density at radius 3 is 2.48 bits per heavy atom. The van der Waals surface area contributed by atoms with Crippen molar-refractivity contribution in [3.63, 3.8) is 0 Å². The number of nitrogens with zero attached hydrogens (tertiary/aromatic N) is 1. The van der Waals surface area contributed by atoms with Crippen molar-refractivity contribution in [2.24, 2.45) is 28.6 Å². The summed E-state index contributed by atoms with van der Waals surface area (Å²) >= 11 is 0. The van der Waals surface area contributed by atoms with Crippen molar-refractivity contribution in [3.8, 4) is 0 Å². The molecule has 2 N–H and O–H groups in total. The van der Waals surface area contributed by atoms with E-state index in [1.165, 1.54) is 31.3 Å². The molecule has 0 bridgehead atoms. The quantitative estimate of drug-likeness (QED) is 0.700. The molecule has 3 aliphatic rings. The Kier molecular flexibility index (Phi) is 6.25. The van der Waals surface area contributed by atoms with E-state index in [-0.39, 0.29) is 23.0 Å². The van der Waals surface area contributed by atoms with Crippen molar-refractivity contribution in [3.05, 3.63) is 24.3 Å². The maximum absolute atomic E-state index is 11.0. The molecule has 0 spiro atoms. The van der Waals surface area contributed by atoms with Gasteiger partial charge in [-0.05, 0) is 94.0 Å². The summed E-state index contributed by atoms with van der Waals surface area (Å²) in [7, 11) is 4.22. The first-order valence-corrected chi connectivity index (χ1v) is 11.0. The third-order valence-corrected chi connectivity index (χ3v) is 8.56. The second-order valence-corrected chi connectivity index (χ2v) is 10.4. The van der Waals surface area contributed by atoms with Gasteiger partial charge in [-0.25, -0.2) is 0 Å². The molecule has 3 heteroatoms. The molecule has 0 amide bonds. The van der Waals surface area contributed by atoms with E-state index in [9.17, 15) is 10.2 Å². The number of allylic oxidation sites excluding steroid dienone is 2. The second kappa shape index (κ2) is 8.00. The molecule has 0 heterocycles. The number of aliphatic hydroxyl groups is 2. The van der Waals surface area contributed by atoms with Gasteiger partial charge in [0.2, 0.25) is 0 Å².